The van der Waals surface area contributed by atoms with E-state index in [4.69, 9.17) is 24.1 Å². The predicted octanol–water partition coefficient (Wildman–Crippen LogP) is 5.16. The number of ketones is 1. The molecule has 0 saturated carbocycles. The normalized spacial score (nSPS) is 12.6. The Morgan fingerprint density at radius 2 is 1.42 bits per heavy atom. The number of rotatable bonds is 15. The first-order valence-electron chi connectivity index (χ1n) is 13.7. The van der Waals surface area contributed by atoms with Gasteiger partial charge in [0.2, 0.25) is 5.91 Å². The van der Waals surface area contributed by atoms with E-state index in [2.05, 4.69) is 0 Å². The number of hydrogen-bond donors (Lipinski definition) is 2. The van der Waals surface area contributed by atoms with E-state index in [1.165, 1.54) is 32.3 Å². The number of thiophene rings is 1. The molecule has 43 heavy (non-hydrogen) atoms. The third-order valence-electron chi connectivity index (χ3n) is 7.18. The second kappa shape index (κ2) is 13.3. The number of amides is 1. The van der Waals surface area contributed by atoms with Crippen LogP contribution in [-0.2, 0) is 27.5 Å². The van der Waals surface area contributed by atoms with E-state index in [1.807, 2.05) is 12.1 Å². The zero-order valence-corrected chi connectivity index (χ0v) is 25.4. The summed E-state index contributed by atoms with van der Waals surface area (Å²) in [7, 11) is 3.08. The number of Topliss-reactive ketones (excluding diaryl/α,β-unsaturated/α-hetero) is 1. The van der Waals surface area contributed by atoms with Crippen LogP contribution in [0.1, 0.15) is 60.3 Å². The highest BCUT2D eigenvalue weighted by atomic mass is 32.1. The summed E-state index contributed by atoms with van der Waals surface area (Å²) < 4.78 is 23.8. The number of carboxylic acids is 2. The number of carboxylic acid groups (broad SMARTS) is 2. The third kappa shape index (κ3) is 7.56. The smallest absolute Gasteiger partial charge is 0.309 e. The Bertz CT molecular complexity index is 1540. The van der Waals surface area contributed by atoms with Crippen LogP contribution in [0, 0.1) is 5.41 Å². The first kappa shape index (κ1) is 31.6. The molecule has 2 aromatic carbocycles. The lowest BCUT2D eigenvalue weighted by atomic mass is 9.89. The van der Waals surface area contributed by atoms with Gasteiger partial charge in [-0.1, -0.05) is 0 Å². The van der Waals surface area contributed by atoms with E-state index in [0.717, 1.165) is 21.2 Å². The van der Waals surface area contributed by atoms with Crippen LogP contribution in [0.5, 0.6) is 23.0 Å². The highest BCUT2D eigenvalue weighted by molar-refractivity contribution is 7.20. The summed E-state index contributed by atoms with van der Waals surface area (Å²) in [6.07, 6.45) is 0.181. The van der Waals surface area contributed by atoms with Crippen molar-refractivity contribution in [3.05, 3.63) is 46.3 Å². The summed E-state index contributed by atoms with van der Waals surface area (Å²) in [5.74, 6) is -0.348. The fourth-order valence-electron chi connectivity index (χ4n) is 4.64. The molecule has 4 rings (SSSR count). The molecule has 0 bridgehead atoms. The van der Waals surface area contributed by atoms with Crippen LogP contribution < -0.4 is 18.9 Å². The molecule has 0 fully saturated rings. The zero-order chi connectivity index (χ0) is 31.3. The average Bonchev–Trinajstić information content (AvgIpc) is 3.58. The molecule has 1 aliphatic rings. The molecule has 1 aromatic heterocycles. The Morgan fingerprint density at radius 3 is 2.00 bits per heavy atom. The van der Waals surface area contributed by atoms with Crippen molar-refractivity contribution in [3.8, 4) is 23.0 Å². The van der Waals surface area contributed by atoms with Gasteiger partial charge in [0.25, 0.3) is 0 Å². The molecule has 12 heteroatoms. The third-order valence-corrected chi connectivity index (χ3v) is 8.32. The van der Waals surface area contributed by atoms with E-state index >= 15 is 0 Å². The molecule has 0 atom stereocenters. The number of ether oxygens (including phenoxy) is 4. The molecule has 1 aliphatic heterocycles. The van der Waals surface area contributed by atoms with Crippen LogP contribution >= 0.6 is 11.3 Å². The Kier molecular flexibility index (Phi) is 9.80. The van der Waals surface area contributed by atoms with Gasteiger partial charge in [0.05, 0.1) is 44.1 Å². The van der Waals surface area contributed by atoms with Gasteiger partial charge in [-0.3, -0.25) is 19.2 Å². The molecule has 0 saturated heterocycles. The number of methoxy groups -OCH3 is 2. The van der Waals surface area contributed by atoms with Gasteiger partial charge in [0.15, 0.2) is 28.8 Å². The van der Waals surface area contributed by atoms with Crippen LogP contribution in [0.15, 0.2) is 30.3 Å². The molecule has 230 valence electrons. The minimum absolute atomic E-state index is 0.0564. The van der Waals surface area contributed by atoms with Crippen molar-refractivity contribution in [1.82, 2.24) is 4.90 Å². The van der Waals surface area contributed by atoms with Crippen LogP contribution in [0.4, 0.5) is 0 Å². The Hall–Kier alpha value is -4.32. The van der Waals surface area contributed by atoms with Gasteiger partial charge in [-0.2, -0.15) is 0 Å². The van der Waals surface area contributed by atoms with Crippen molar-refractivity contribution in [2.75, 3.05) is 27.4 Å². The van der Waals surface area contributed by atoms with Gasteiger partial charge in [-0.15, -0.1) is 11.3 Å². The van der Waals surface area contributed by atoms with Gasteiger partial charge >= 0.3 is 11.9 Å². The lowest BCUT2D eigenvalue weighted by molar-refractivity contribution is -0.151. The standard InChI is InChI=1S/C31H35NO10S/c1-31(2,30(37)38)15-28(34)32-16-19-11-22(39-3)25(12-20(19)17-32)42-9-5-8-41-24-10-18-13-27(21(33)6-7-29(35)36)43-26(18)14-23(24)40-4/h10-14H,5-9,15-17H2,1-4H3,(H,35,36)(H,37,38). The Balaban J connectivity index is 1.33. The van der Waals surface area contributed by atoms with E-state index in [-0.39, 0.29) is 31.0 Å². The number of nitrogens with zero attached hydrogens (tertiary/aromatic N) is 1. The van der Waals surface area contributed by atoms with Gasteiger partial charge in [-0.25, -0.2) is 0 Å². The maximum absolute atomic E-state index is 12.8. The number of carbonyl (C=O) groups excluding carboxylic acids is 2. The topological polar surface area (TPSA) is 149 Å². The second-order valence-corrected chi connectivity index (χ2v) is 12.0. The van der Waals surface area contributed by atoms with E-state index < -0.39 is 17.4 Å². The fourth-order valence-corrected chi connectivity index (χ4v) is 5.68. The highest BCUT2D eigenvalue weighted by Gasteiger charge is 2.34. The summed E-state index contributed by atoms with van der Waals surface area (Å²) in [5, 5.41) is 19.0. The van der Waals surface area contributed by atoms with Gasteiger partial charge < -0.3 is 34.1 Å². The molecule has 0 aliphatic carbocycles. The van der Waals surface area contributed by atoms with Crippen LogP contribution in [-0.4, -0.2) is 66.2 Å². The molecule has 3 aromatic rings. The number of fused-ring (bicyclic) bond motifs is 2. The minimum atomic E-state index is -1.15. The zero-order valence-electron chi connectivity index (χ0n) is 24.6. The maximum atomic E-state index is 12.8. The van der Waals surface area contributed by atoms with Crippen molar-refractivity contribution in [2.24, 2.45) is 5.41 Å². The summed E-state index contributed by atoms with van der Waals surface area (Å²) in [4.78, 5) is 49.5. The molecular weight excluding hydrogens is 578 g/mol. The van der Waals surface area contributed by atoms with Gasteiger partial charge in [0.1, 0.15) is 0 Å². The lowest BCUT2D eigenvalue weighted by Gasteiger charge is -2.22. The molecular formula is C31H35NO10S. The molecule has 0 radical (unpaired) electrons. The number of aliphatic carboxylic acids is 2. The van der Waals surface area contributed by atoms with Crippen LogP contribution in [0.3, 0.4) is 0 Å². The van der Waals surface area contributed by atoms with Crippen LogP contribution in [0.2, 0.25) is 0 Å². The van der Waals surface area contributed by atoms with Gasteiger partial charge in [-0.05, 0) is 54.6 Å². The van der Waals surface area contributed by atoms with Crippen molar-refractivity contribution in [2.45, 2.75) is 52.6 Å². The minimum Gasteiger partial charge on any atom is -0.493 e. The molecule has 0 spiro atoms. The van der Waals surface area contributed by atoms with E-state index in [0.29, 0.717) is 60.6 Å². The van der Waals surface area contributed by atoms with E-state index in [1.54, 1.807) is 30.2 Å². The quantitative estimate of drug-likeness (QED) is 0.174. The molecule has 2 N–H and O–H groups in total. The summed E-state index contributed by atoms with van der Waals surface area (Å²) >= 11 is 1.29. The van der Waals surface area contributed by atoms with Crippen molar-refractivity contribution < 1.29 is 48.3 Å². The number of hydrogen-bond acceptors (Lipinski definition) is 9. The molecule has 2 heterocycles. The van der Waals surface area contributed by atoms with Crippen molar-refractivity contribution >= 4 is 45.1 Å². The largest absolute Gasteiger partial charge is 0.493 e. The molecule has 11 nitrogen and oxygen atoms in total. The monoisotopic (exact) mass is 613 g/mol. The highest BCUT2D eigenvalue weighted by Crippen LogP contribution is 2.38. The molecule has 1 amide bonds. The van der Waals surface area contributed by atoms with Crippen LogP contribution in [0.25, 0.3) is 10.1 Å². The first-order valence-corrected chi connectivity index (χ1v) is 14.6. The van der Waals surface area contributed by atoms with Crippen molar-refractivity contribution in [3.63, 3.8) is 0 Å². The predicted molar refractivity (Wildman–Crippen MR) is 158 cm³/mol. The summed E-state index contributed by atoms with van der Waals surface area (Å²) in [5.41, 5.74) is 0.699. The Morgan fingerprint density at radius 1 is 0.837 bits per heavy atom. The van der Waals surface area contributed by atoms with Gasteiger partial charge in [0, 0.05) is 43.1 Å². The first-order chi connectivity index (χ1) is 20.4. The summed E-state index contributed by atoms with van der Waals surface area (Å²) in [6, 6.07) is 9.03. The maximum Gasteiger partial charge on any atom is 0.309 e. The lowest BCUT2D eigenvalue weighted by Crippen LogP contribution is -2.34. The van der Waals surface area contributed by atoms with E-state index in [9.17, 15) is 24.3 Å². The number of carbonyl (C=O) groups is 4. The fraction of sp³-hybridized carbons (Fsp3) is 0.419. The molecule has 0 unspecified atom stereocenters. The number of benzene rings is 2. The Labute approximate surface area is 252 Å². The summed E-state index contributed by atoms with van der Waals surface area (Å²) in [6.45, 7) is 4.48. The SMILES string of the molecule is COc1cc2c(cc1OCCCOc1cc3cc(C(=O)CCC(=O)O)sc3cc1OC)CN(C(=O)CC(C)(C)C(=O)O)C2. The second-order valence-electron chi connectivity index (χ2n) is 10.9. The average molecular weight is 614 g/mol. The van der Waals surface area contributed by atoms with Crippen molar-refractivity contribution in [1.29, 1.82) is 0 Å².